The van der Waals surface area contributed by atoms with Gasteiger partial charge in [0.05, 0.1) is 11.1 Å². The van der Waals surface area contributed by atoms with E-state index < -0.39 is 53.6 Å². The van der Waals surface area contributed by atoms with Crippen LogP contribution >= 0.6 is 0 Å². The van der Waals surface area contributed by atoms with Crippen molar-refractivity contribution in [1.82, 2.24) is 14.7 Å². The number of likely N-dealkylation sites (tertiary alicyclic amines) is 2. The van der Waals surface area contributed by atoms with Crippen molar-refractivity contribution >= 4 is 17.7 Å². The summed E-state index contributed by atoms with van der Waals surface area (Å²) in [4.78, 5) is 43.2. The van der Waals surface area contributed by atoms with Crippen molar-refractivity contribution in [3.63, 3.8) is 0 Å². The van der Waals surface area contributed by atoms with Crippen LogP contribution in [0.25, 0.3) is 0 Å². The molecule has 2 aromatic carbocycles. The van der Waals surface area contributed by atoms with Crippen LogP contribution in [-0.2, 0) is 33.3 Å². The third-order valence-electron chi connectivity index (χ3n) is 8.27. The first-order chi connectivity index (χ1) is 20.0. The van der Waals surface area contributed by atoms with E-state index in [1.54, 1.807) is 9.80 Å². The van der Waals surface area contributed by atoms with Gasteiger partial charge in [-0.2, -0.15) is 26.3 Å². The predicted molar refractivity (Wildman–Crippen MR) is 142 cm³/mol. The highest BCUT2D eigenvalue weighted by molar-refractivity contribution is 5.82. The van der Waals surface area contributed by atoms with E-state index in [1.165, 1.54) is 38.2 Å². The second-order valence-electron chi connectivity index (χ2n) is 11.2. The molecule has 0 bridgehead atoms. The van der Waals surface area contributed by atoms with Crippen molar-refractivity contribution in [2.45, 2.75) is 51.0 Å². The molecular weight excluding hydrogens is 583 g/mol. The zero-order chi connectivity index (χ0) is 31.7. The number of hydrogen-bond donors (Lipinski definition) is 0. The molecule has 0 radical (unpaired) electrons. The minimum atomic E-state index is -5.02. The summed E-state index contributed by atoms with van der Waals surface area (Å²) in [5, 5.41) is 0. The number of nitrogens with zero attached hydrogens (tertiary/aromatic N) is 3. The minimum absolute atomic E-state index is 0.0343. The van der Waals surface area contributed by atoms with E-state index in [1.807, 2.05) is 0 Å². The standard InChI is InChI=1S/C30H32F7N3O3/c1-18(41)39-10-7-21(8-11-39)27(42)40-12-9-25(26(17-40)20-3-5-24(31)6-4-20)28(43)38(2)16-19-13-22(29(32,33)34)15-23(14-19)30(35,36)37/h3-6,13-15,21,25-26H,7-12,16-17H2,1-2H3/t25-,26-/m0/s1. The van der Waals surface area contributed by atoms with Crippen LogP contribution in [0.3, 0.4) is 0 Å². The number of piperidine rings is 2. The van der Waals surface area contributed by atoms with Gasteiger partial charge in [-0.25, -0.2) is 4.39 Å². The Kier molecular flexibility index (Phi) is 9.41. The van der Waals surface area contributed by atoms with E-state index in [-0.39, 0.29) is 48.9 Å². The molecule has 43 heavy (non-hydrogen) atoms. The van der Waals surface area contributed by atoms with E-state index in [4.69, 9.17) is 0 Å². The predicted octanol–water partition coefficient (Wildman–Crippen LogP) is 5.71. The molecule has 3 amide bonds. The van der Waals surface area contributed by atoms with Gasteiger partial charge in [-0.15, -0.1) is 0 Å². The van der Waals surface area contributed by atoms with Crippen LogP contribution in [0.1, 0.15) is 54.4 Å². The monoisotopic (exact) mass is 615 g/mol. The Morgan fingerprint density at radius 2 is 1.37 bits per heavy atom. The molecule has 6 nitrogen and oxygen atoms in total. The van der Waals surface area contributed by atoms with Crippen molar-refractivity contribution in [1.29, 1.82) is 0 Å². The van der Waals surface area contributed by atoms with Gasteiger partial charge in [0.2, 0.25) is 17.7 Å². The van der Waals surface area contributed by atoms with Gasteiger partial charge in [0.1, 0.15) is 5.82 Å². The average molecular weight is 616 g/mol. The average Bonchev–Trinajstić information content (AvgIpc) is 2.95. The molecule has 13 heteroatoms. The van der Waals surface area contributed by atoms with Crippen molar-refractivity contribution in [2.75, 3.05) is 33.2 Å². The fraction of sp³-hybridized carbons (Fsp3) is 0.500. The number of hydrogen-bond acceptors (Lipinski definition) is 3. The molecule has 0 aromatic heterocycles. The van der Waals surface area contributed by atoms with Crippen LogP contribution in [0.5, 0.6) is 0 Å². The minimum Gasteiger partial charge on any atom is -0.343 e. The smallest absolute Gasteiger partial charge is 0.343 e. The topological polar surface area (TPSA) is 60.9 Å². The molecule has 4 rings (SSSR count). The number of carbonyl (C=O) groups is 3. The third-order valence-corrected chi connectivity index (χ3v) is 8.27. The summed E-state index contributed by atoms with van der Waals surface area (Å²) >= 11 is 0. The fourth-order valence-electron chi connectivity index (χ4n) is 5.94. The maximum atomic E-state index is 13.7. The summed E-state index contributed by atoms with van der Waals surface area (Å²) < 4.78 is 93.9. The molecule has 2 heterocycles. The SMILES string of the molecule is CC(=O)N1CCC(C(=O)N2CC[C@H](C(=O)N(C)Cc3cc(C(F)(F)F)cc(C(F)(F)F)c3)[C@H](c3ccc(F)cc3)C2)CC1. The van der Waals surface area contributed by atoms with Gasteiger partial charge in [-0.1, -0.05) is 12.1 Å². The summed E-state index contributed by atoms with van der Waals surface area (Å²) in [6.45, 7) is 2.22. The van der Waals surface area contributed by atoms with E-state index in [2.05, 4.69) is 0 Å². The van der Waals surface area contributed by atoms with Crippen molar-refractivity contribution in [3.8, 4) is 0 Å². The Morgan fingerprint density at radius 1 is 0.837 bits per heavy atom. The second kappa shape index (κ2) is 12.5. The molecular formula is C30H32F7N3O3. The maximum absolute atomic E-state index is 13.7. The molecule has 0 spiro atoms. The second-order valence-corrected chi connectivity index (χ2v) is 11.2. The lowest BCUT2D eigenvalue weighted by molar-refractivity contribution is -0.145. The highest BCUT2D eigenvalue weighted by Crippen LogP contribution is 2.38. The van der Waals surface area contributed by atoms with E-state index >= 15 is 0 Å². The summed E-state index contributed by atoms with van der Waals surface area (Å²) in [5.74, 6) is -2.84. The Labute approximate surface area is 244 Å². The van der Waals surface area contributed by atoms with Crippen LogP contribution in [0.15, 0.2) is 42.5 Å². The molecule has 2 saturated heterocycles. The first-order valence-electron chi connectivity index (χ1n) is 13.9. The van der Waals surface area contributed by atoms with Crippen LogP contribution < -0.4 is 0 Å². The number of carbonyl (C=O) groups excluding carboxylic acids is 3. The van der Waals surface area contributed by atoms with Crippen molar-refractivity contribution in [3.05, 3.63) is 70.5 Å². The fourth-order valence-corrected chi connectivity index (χ4v) is 5.94. The summed E-state index contributed by atoms with van der Waals surface area (Å²) in [5.41, 5.74) is -2.69. The molecule has 2 atom stereocenters. The lowest BCUT2D eigenvalue weighted by Crippen LogP contribution is -2.50. The summed E-state index contributed by atoms with van der Waals surface area (Å²) in [7, 11) is 1.30. The third kappa shape index (κ3) is 7.66. The molecule has 2 aliphatic rings. The summed E-state index contributed by atoms with van der Waals surface area (Å²) in [6.07, 6.45) is -8.85. The lowest BCUT2D eigenvalue weighted by Gasteiger charge is -2.41. The highest BCUT2D eigenvalue weighted by Gasteiger charge is 2.41. The molecule has 234 valence electrons. The first kappa shape index (κ1) is 32.3. The molecule has 0 unspecified atom stereocenters. The zero-order valence-corrected chi connectivity index (χ0v) is 23.6. The van der Waals surface area contributed by atoms with Gasteiger partial charge in [0, 0.05) is 64.4 Å². The van der Waals surface area contributed by atoms with Gasteiger partial charge >= 0.3 is 12.4 Å². The van der Waals surface area contributed by atoms with Crippen LogP contribution in [0.2, 0.25) is 0 Å². The lowest BCUT2D eigenvalue weighted by atomic mass is 9.79. The first-order valence-corrected chi connectivity index (χ1v) is 13.9. The Balaban J connectivity index is 1.54. The largest absolute Gasteiger partial charge is 0.416 e. The highest BCUT2D eigenvalue weighted by atomic mass is 19.4. The molecule has 0 saturated carbocycles. The van der Waals surface area contributed by atoms with Crippen LogP contribution in [-0.4, -0.2) is 65.6 Å². The summed E-state index contributed by atoms with van der Waals surface area (Å²) in [6, 6.07) is 6.67. The molecule has 2 fully saturated rings. The number of amides is 3. The van der Waals surface area contributed by atoms with E-state index in [0.717, 1.165) is 4.90 Å². The van der Waals surface area contributed by atoms with Crippen LogP contribution in [0, 0.1) is 17.7 Å². The quantitative estimate of drug-likeness (QED) is 0.405. The van der Waals surface area contributed by atoms with Gasteiger partial charge in [-0.3, -0.25) is 14.4 Å². The van der Waals surface area contributed by atoms with E-state index in [9.17, 15) is 45.1 Å². The molecule has 2 aromatic rings. The Morgan fingerprint density at radius 3 is 1.88 bits per heavy atom. The number of alkyl halides is 6. The molecule has 0 N–H and O–H groups in total. The normalized spacial score (nSPS) is 20.2. The number of halogens is 7. The zero-order valence-electron chi connectivity index (χ0n) is 23.6. The Bertz CT molecular complexity index is 1300. The Hall–Kier alpha value is -3.64. The maximum Gasteiger partial charge on any atom is 0.416 e. The van der Waals surface area contributed by atoms with Gasteiger partial charge in [0.15, 0.2) is 0 Å². The van der Waals surface area contributed by atoms with Crippen molar-refractivity contribution in [2.24, 2.45) is 11.8 Å². The van der Waals surface area contributed by atoms with Gasteiger partial charge in [-0.05, 0) is 60.7 Å². The number of rotatable bonds is 5. The molecule has 0 aliphatic carbocycles. The van der Waals surface area contributed by atoms with E-state index in [0.29, 0.717) is 43.6 Å². The molecule has 2 aliphatic heterocycles. The van der Waals surface area contributed by atoms with Gasteiger partial charge < -0.3 is 14.7 Å². The van der Waals surface area contributed by atoms with Gasteiger partial charge in [0.25, 0.3) is 0 Å². The van der Waals surface area contributed by atoms with Crippen molar-refractivity contribution < 1.29 is 45.1 Å². The number of benzene rings is 2. The van der Waals surface area contributed by atoms with Crippen LogP contribution in [0.4, 0.5) is 30.7 Å².